The molecule has 0 aromatic carbocycles. The van der Waals surface area contributed by atoms with E-state index in [9.17, 15) is 24.4 Å². The lowest BCUT2D eigenvalue weighted by atomic mass is 9.90. The Morgan fingerprint density at radius 2 is 2.00 bits per heavy atom. The first-order valence-electron chi connectivity index (χ1n) is 9.65. The number of hydrogen-bond donors (Lipinski definition) is 2. The van der Waals surface area contributed by atoms with E-state index < -0.39 is 35.6 Å². The first-order chi connectivity index (χ1) is 13.1. The van der Waals surface area contributed by atoms with E-state index in [1.54, 1.807) is 20.8 Å². The molecule has 28 heavy (non-hydrogen) atoms. The van der Waals surface area contributed by atoms with Gasteiger partial charge in [-0.15, -0.1) is 0 Å². The van der Waals surface area contributed by atoms with Crippen molar-refractivity contribution in [1.82, 2.24) is 15.5 Å². The summed E-state index contributed by atoms with van der Waals surface area (Å²) in [6, 6.07) is 1.63. The summed E-state index contributed by atoms with van der Waals surface area (Å²) < 4.78 is 4.92. The predicted molar refractivity (Wildman–Crippen MR) is 98.6 cm³/mol. The number of imide groups is 1. The molecule has 2 aliphatic rings. The van der Waals surface area contributed by atoms with Crippen molar-refractivity contribution in [2.75, 3.05) is 13.2 Å². The van der Waals surface area contributed by atoms with E-state index in [1.165, 1.54) is 0 Å². The Labute approximate surface area is 164 Å². The molecule has 0 aromatic heterocycles. The second kappa shape index (κ2) is 8.59. The zero-order valence-electron chi connectivity index (χ0n) is 16.7. The smallest absolute Gasteiger partial charge is 0.325 e. The molecule has 9 heteroatoms. The Morgan fingerprint density at radius 1 is 1.36 bits per heavy atom. The van der Waals surface area contributed by atoms with E-state index in [-0.39, 0.29) is 31.2 Å². The molecule has 4 amide bonds. The minimum Gasteiger partial charge on any atom is -0.456 e. The zero-order chi connectivity index (χ0) is 20.9. The van der Waals surface area contributed by atoms with Crippen molar-refractivity contribution in [3.05, 3.63) is 0 Å². The van der Waals surface area contributed by atoms with Crippen molar-refractivity contribution in [1.29, 1.82) is 5.26 Å². The van der Waals surface area contributed by atoms with Gasteiger partial charge in [0.1, 0.15) is 11.1 Å². The normalized spacial score (nSPS) is 20.0. The quantitative estimate of drug-likeness (QED) is 0.472. The number of nitriles is 1. The average Bonchev–Trinajstić information content (AvgIpc) is 3.20. The molecule has 1 spiro atoms. The Hall–Kier alpha value is -2.63. The van der Waals surface area contributed by atoms with Gasteiger partial charge in [0.25, 0.3) is 11.8 Å². The maximum absolute atomic E-state index is 12.5. The Bertz CT molecular complexity index is 693. The number of hydrogen-bond acceptors (Lipinski definition) is 6. The van der Waals surface area contributed by atoms with E-state index in [0.29, 0.717) is 12.8 Å². The molecule has 1 aliphatic heterocycles. The third-order valence-electron chi connectivity index (χ3n) is 5.62. The van der Waals surface area contributed by atoms with Crippen LogP contribution >= 0.6 is 0 Å². The van der Waals surface area contributed by atoms with E-state index in [1.807, 2.05) is 6.07 Å². The second-order valence-electron chi connectivity index (χ2n) is 7.96. The molecule has 2 fully saturated rings. The minimum atomic E-state index is -1.04. The summed E-state index contributed by atoms with van der Waals surface area (Å²) in [5.41, 5.74) is -1.79. The van der Waals surface area contributed by atoms with Gasteiger partial charge in [0.15, 0.2) is 6.61 Å². The van der Waals surface area contributed by atoms with E-state index in [2.05, 4.69) is 10.6 Å². The third-order valence-corrected chi connectivity index (χ3v) is 5.62. The summed E-state index contributed by atoms with van der Waals surface area (Å²) >= 11 is 0. The van der Waals surface area contributed by atoms with Gasteiger partial charge in [-0.05, 0) is 32.1 Å². The fourth-order valence-electron chi connectivity index (χ4n) is 3.42. The molecule has 0 aromatic rings. The fourth-order valence-corrected chi connectivity index (χ4v) is 3.42. The monoisotopic (exact) mass is 392 g/mol. The van der Waals surface area contributed by atoms with Crippen molar-refractivity contribution in [2.45, 2.75) is 70.4 Å². The topological polar surface area (TPSA) is 129 Å². The molecular formula is C19H28N4O5. The molecule has 0 bridgehead atoms. The second-order valence-corrected chi connectivity index (χ2v) is 7.96. The van der Waals surface area contributed by atoms with E-state index in [0.717, 1.165) is 17.7 Å². The van der Waals surface area contributed by atoms with E-state index >= 15 is 0 Å². The molecule has 0 radical (unpaired) electrons. The molecule has 1 aliphatic carbocycles. The van der Waals surface area contributed by atoms with Crippen LogP contribution < -0.4 is 10.6 Å². The summed E-state index contributed by atoms with van der Waals surface area (Å²) in [6.07, 6.45) is 3.38. The average molecular weight is 392 g/mol. The van der Waals surface area contributed by atoms with Gasteiger partial charge in [0.05, 0.1) is 6.07 Å². The molecule has 1 saturated heterocycles. The number of carbonyl (C=O) groups is 4. The number of nitrogens with zero attached hydrogens (tertiary/aromatic N) is 2. The fraction of sp³-hybridized carbons (Fsp3) is 0.737. The molecule has 9 nitrogen and oxygen atoms in total. The summed E-state index contributed by atoms with van der Waals surface area (Å²) in [5, 5.41) is 14.5. The van der Waals surface area contributed by atoms with Gasteiger partial charge in [0.2, 0.25) is 0 Å². The number of amides is 4. The lowest BCUT2D eigenvalue weighted by Crippen LogP contribution is -2.50. The van der Waals surface area contributed by atoms with Gasteiger partial charge in [-0.2, -0.15) is 5.26 Å². The lowest BCUT2D eigenvalue weighted by molar-refractivity contribution is -0.149. The van der Waals surface area contributed by atoms with Crippen molar-refractivity contribution in [2.24, 2.45) is 5.92 Å². The van der Waals surface area contributed by atoms with Gasteiger partial charge >= 0.3 is 12.0 Å². The van der Waals surface area contributed by atoms with Crippen LogP contribution in [0.15, 0.2) is 0 Å². The van der Waals surface area contributed by atoms with Crippen LogP contribution in [0.1, 0.15) is 59.3 Å². The van der Waals surface area contributed by atoms with Gasteiger partial charge in [-0.25, -0.2) is 4.79 Å². The van der Waals surface area contributed by atoms with Crippen molar-refractivity contribution in [3.8, 4) is 6.07 Å². The number of rotatable bonds is 8. The summed E-state index contributed by atoms with van der Waals surface area (Å²) in [4.78, 5) is 49.4. The van der Waals surface area contributed by atoms with Gasteiger partial charge < -0.3 is 15.4 Å². The molecule has 2 rings (SSSR count). The molecule has 1 heterocycles. The summed E-state index contributed by atoms with van der Waals surface area (Å²) in [5.74, 6) is -1.47. The Balaban J connectivity index is 1.72. The van der Waals surface area contributed by atoms with Crippen molar-refractivity contribution < 1.29 is 23.9 Å². The molecular weight excluding hydrogens is 364 g/mol. The molecule has 154 valence electrons. The molecule has 1 atom stereocenters. The highest BCUT2D eigenvalue weighted by Gasteiger charge is 2.52. The Morgan fingerprint density at radius 3 is 2.57 bits per heavy atom. The van der Waals surface area contributed by atoms with Crippen LogP contribution in [0.5, 0.6) is 0 Å². The number of esters is 1. The van der Waals surface area contributed by atoms with Crippen LogP contribution in [0.25, 0.3) is 0 Å². The highest BCUT2D eigenvalue weighted by Crippen LogP contribution is 2.35. The van der Waals surface area contributed by atoms with Crippen LogP contribution in [-0.2, 0) is 19.1 Å². The van der Waals surface area contributed by atoms with Crippen LogP contribution in [0, 0.1) is 17.2 Å². The number of ether oxygens (including phenoxy) is 1. The maximum Gasteiger partial charge on any atom is 0.325 e. The zero-order valence-corrected chi connectivity index (χ0v) is 16.7. The number of carbonyl (C=O) groups excluding carboxylic acids is 4. The SMILES string of the molecule is CC(C)[C@](C)(C#N)NC(=O)COC(=O)CCCN1C(=O)NC2(CCCC2)C1=O. The van der Waals surface area contributed by atoms with E-state index in [4.69, 9.17) is 4.74 Å². The third kappa shape index (κ3) is 4.61. The first kappa shape index (κ1) is 21.7. The predicted octanol–water partition coefficient (Wildman–Crippen LogP) is 1.23. The molecule has 0 unspecified atom stereocenters. The molecule has 1 saturated carbocycles. The van der Waals surface area contributed by atoms with Crippen LogP contribution in [0.3, 0.4) is 0 Å². The summed E-state index contributed by atoms with van der Waals surface area (Å²) in [7, 11) is 0. The van der Waals surface area contributed by atoms with Gasteiger partial charge in [0, 0.05) is 13.0 Å². The Kier molecular flexibility index (Phi) is 6.65. The largest absolute Gasteiger partial charge is 0.456 e. The highest BCUT2D eigenvalue weighted by molar-refractivity contribution is 6.07. The van der Waals surface area contributed by atoms with Crippen molar-refractivity contribution in [3.63, 3.8) is 0 Å². The standard InChI is InChI=1S/C19H28N4O5/c1-13(2)18(3,12-20)21-14(24)11-28-15(25)7-6-10-23-16(26)19(22-17(23)27)8-4-5-9-19/h13H,4-11H2,1-3H3,(H,21,24)(H,22,27)/t18-/m0/s1. The van der Waals surface area contributed by atoms with Gasteiger partial charge in [-0.1, -0.05) is 26.7 Å². The lowest BCUT2D eigenvalue weighted by Gasteiger charge is -2.27. The number of nitrogens with one attached hydrogen (secondary N) is 2. The maximum atomic E-state index is 12.5. The van der Waals surface area contributed by atoms with Crippen molar-refractivity contribution >= 4 is 23.8 Å². The molecule has 2 N–H and O–H groups in total. The summed E-state index contributed by atoms with van der Waals surface area (Å²) in [6.45, 7) is 4.87. The minimum absolute atomic E-state index is 0.0168. The van der Waals surface area contributed by atoms with Crippen LogP contribution in [-0.4, -0.2) is 52.9 Å². The highest BCUT2D eigenvalue weighted by atomic mass is 16.5. The number of urea groups is 1. The first-order valence-corrected chi connectivity index (χ1v) is 9.65. The van der Waals surface area contributed by atoms with Crippen LogP contribution in [0.2, 0.25) is 0 Å². The van der Waals surface area contributed by atoms with Gasteiger partial charge in [-0.3, -0.25) is 19.3 Å². The van der Waals surface area contributed by atoms with Crippen LogP contribution in [0.4, 0.5) is 4.79 Å².